The van der Waals surface area contributed by atoms with Gasteiger partial charge in [0.25, 0.3) is 0 Å². The van der Waals surface area contributed by atoms with Crippen LogP contribution in [0.15, 0.2) is 36.4 Å². The van der Waals surface area contributed by atoms with Crippen molar-refractivity contribution in [1.82, 2.24) is 0 Å². The molecule has 0 spiro atoms. The van der Waals surface area contributed by atoms with Crippen molar-refractivity contribution in [1.29, 1.82) is 0 Å². The van der Waals surface area contributed by atoms with Crippen LogP contribution in [0.2, 0.25) is 5.02 Å². The molecule has 0 unspecified atom stereocenters. The van der Waals surface area contributed by atoms with Crippen LogP contribution >= 0.6 is 11.6 Å². The van der Waals surface area contributed by atoms with Crippen molar-refractivity contribution in [2.24, 2.45) is 0 Å². The Bertz CT molecular complexity index is 649. The average Bonchev–Trinajstić information content (AvgIpc) is 2.74. The SMILES string of the molecule is O=C1CCc2ccc(-c3cc(Cl)ccc3F)cc21. The van der Waals surface area contributed by atoms with Gasteiger partial charge in [0, 0.05) is 22.6 Å². The lowest BCUT2D eigenvalue weighted by molar-refractivity contribution is 0.0994. The van der Waals surface area contributed by atoms with E-state index in [0.29, 0.717) is 28.1 Å². The third-order valence-electron chi connectivity index (χ3n) is 3.27. The fourth-order valence-electron chi connectivity index (χ4n) is 2.32. The maximum Gasteiger partial charge on any atom is 0.163 e. The quantitative estimate of drug-likeness (QED) is 0.748. The van der Waals surface area contributed by atoms with Crippen molar-refractivity contribution in [3.8, 4) is 11.1 Å². The minimum Gasteiger partial charge on any atom is -0.294 e. The second-order valence-corrected chi connectivity index (χ2v) is 4.86. The fraction of sp³-hybridized carbons (Fsp3) is 0.133. The molecule has 3 rings (SSSR count). The summed E-state index contributed by atoms with van der Waals surface area (Å²) in [5.74, 6) is -0.195. The lowest BCUT2D eigenvalue weighted by Gasteiger charge is -2.06. The van der Waals surface area contributed by atoms with Gasteiger partial charge in [-0.3, -0.25) is 4.79 Å². The number of hydrogen-bond donors (Lipinski definition) is 0. The first kappa shape index (κ1) is 11.4. The normalized spacial score (nSPS) is 13.8. The van der Waals surface area contributed by atoms with Gasteiger partial charge in [-0.25, -0.2) is 4.39 Å². The number of halogens is 2. The van der Waals surface area contributed by atoms with Crippen molar-refractivity contribution >= 4 is 17.4 Å². The molecule has 3 heteroatoms. The highest BCUT2D eigenvalue weighted by atomic mass is 35.5. The molecular weight excluding hydrogens is 251 g/mol. The Kier molecular flexibility index (Phi) is 2.67. The van der Waals surface area contributed by atoms with Crippen LogP contribution in [0.4, 0.5) is 4.39 Å². The summed E-state index contributed by atoms with van der Waals surface area (Å²) in [6, 6.07) is 9.94. The molecule has 0 N–H and O–H groups in total. The molecule has 1 nitrogen and oxygen atoms in total. The highest BCUT2D eigenvalue weighted by Gasteiger charge is 2.20. The zero-order valence-corrected chi connectivity index (χ0v) is 10.3. The van der Waals surface area contributed by atoms with Gasteiger partial charge in [0.15, 0.2) is 5.78 Å². The molecule has 2 aromatic carbocycles. The summed E-state index contributed by atoms with van der Waals surface area (Å²) < 4.78 is 13.8. The largest absolute Gasteiger partial charge is 0.294 e. The first-order valence-corrected chi connectivity index (χ1v) is 6.14. The smallest absolute Gasteiger partial charge is 0.163 e. The van der Waals surface area contributed by atoms with E-state index in [1.165, 1.54) is 12.1 Å². The molecular formula is C15H10ClFO. The number of benzene rings is 2. The van der Waals surface area contributed by atoms with Crippen LogP contribution in [0.25, 0.3) is 11.1 Å². The number of ketones is 1. The third-order valence-corrected chi connectivity index (χ3v) is 3.51. The molecule has 0 heterocycles. The van der Waals surface area contributed by atoms with Gasteiger partial charge in [0.1, 0.15) is 5.82 Å². The summed E-state index contributed by atoms with van der Waals surface area (Å²) in [6.07, 6.45) is 1.34. The van der Waals surface area contributed by atoms with Gasteiger partial charge in [-0.2, -0.15) is 0 Å². The molecule has 0 radical (unpaired) electrons. The molecule has 0 bridgehead atoms. The second-order valence-electron chi connectivity index (χ2n) is 4.42. The average molecular weight is 261 g/mol. The summed E-state index contributed by atoms with van der Waals surface area (Å²) in [7, 11) is 0. The van der Waals surface area contributed by atoms with E-state index in [4.69, 9.17) is 11.6 Å². The van der Waals surface area contributed by atoms with E-state index in [2.05, 4.69) is 0 Å². The molecule has 0 aromatic heterocycles. The van der Waals surface area contributed by atoms with E-state index in [1.54, 1.807) is 12.1 Å². The fourth-order valence-corrected chi connectivity index (χ4v) is 2.50. The monoisotopic (exact) mass is 260 g/mol. The van der Waals surface area contributed by atoms with E-state index in [0.717, 1.165) is 12.0 Å². The molecule has 0 saturated carbocycles. The zero-order chi connectivity index (χ0) is 12.7. The van der Waals surface area contributed by atoms with Crippen LogP contribution in [0.5, 0.6) is 0 Å². The van der Waals surface area contributed by atoms with Gasteiger partial charge in [-0.1, -0.05) is 23.7 Å². The maximum absolute atomic E-state index is 13.8. The molecule has 0 fully saturated rings. The Balaban J connectivity index is 2.16. The van der Waals surface area contributed by atoms with E-state index in [-0.39, 0.29) is 11.6 Å². The van der Waals surface area contributed by atoms with Crippen molar-refractivity contribution in [2.75, 3.05) is 0 Å². The van der Waals surface area contributed by atoms with Gasteiger partial charge in [-0.15, -0.1) is 0 Å². The minimum atomic E-state index is -0.329. The van der Waals surface area contributed by atoms with Crippen LogP contribution in [-0.2, 0) is 6.42 Å². The van der Waals surface area contributed by atoms with Crippen LogP contribution in [0.3, 0.4) is 0 Å². The van der Waals surface area contributed by atoms with Gasteiger partial charge in [0.05, 0.1) is 0 Å². The Labute approximate surface area is 109 Å². The lowest BCUT2D eigenvalue weighted by atomic mass is 10.00. The van der Waals surface area contributed by atoms with E-state index < -0.39 is 0 Å². The van der Waals surface area contributed by atoms with Crippen LogP contribution in [0.1, 0.15) is 22.3 Å². The summed E-state index contributed by atoms with van der Waals surface area (Å²) in [6.45, 7) is 0. The first-order valence-electron chi connectivity index (χ1n) is 5.77. The van der Waals surface area contributed by atoms with Crippen molar-refractivity contribution in [3.05, 3.63) is 58.4 Å². The highest BCUT2D eigenvalue weighted by molar-refractivity contribution is 6.30. The Morgan fingerprint density at radius 3 is 2.67 bits per heavy atom. The van der Waals surface area contributed by atoms with Crippen LogP contribution in [0, 0.1) is 5.82 Å². The Morgan fingerprint density at radius 1 is 1.00 bits per heavy atom. The van der Waals surface area contributed by atoms with Crippen LogP contribution in [-0.4, -0.2) is 5.78 Å². The third kappa shape index (κ3) is 1.83. The number of rotatable bonds is 1. The molecule has 0 saturated heterocycles. The second kappa shape index (κ2) is 4.21. The molecule has 1 aliphatic rings. The summed E-state index contributed by atoms with van der Waals surface area (Å²) in [5, 5.41) is 0.484. The van der Waals surface area contributed by atoms with Crippen molar-refractivity contribution in [2.45, 2.75) is 12.8 Å². The van der Waals surface area contributed by atoms with Crippen LogP contribution < -0.4 is 0 Å². The van der Waals surface area contributed by atoms with E-state index in [9.17, 15) is 9.18 Å². The zero-order valence-electron chi connectivity index (χ0n) is 9.54. The molecule has 90 valence electrons. The van der Waals surface area contributed by atoms with Gasteiger partial charge >= 0.3 is 0 Å². The maximum atomic E-state index is 13.8. The predicted molar refractivity (Wildman–Crippen MR) is 69.5 cm³/mol. The number of fused-ring (bicyclic) bond motifs is 1. The van der Waals surface area contributed by atoms with Gasteiger partial charge in [0.2, 0.25) is 0 Å². The molecule has 0 atom stereocenters. The van der Waals surface area contributed by atoms with Gasteiger partial charge in [-0.05, 0) is 41.8 Å². The van der Waals surface area contributed by atoms with Crippen molar-refractivity contribution < 1.29 is 9.18 Å². The molecule has 0 amide bonds. The highest BCUT2D eigenvalue weighted by Crippen LogP contribution is 2.30. The van der Waals surface area contributed by atoms with E-state index >= 15 is 0 Å². The topological polar surface area (TPSA) is 17.1 Å². The molecule has 0 aliphatic heterocycles. The summed E-state index contributed by atoms with van der Waals surface area (Å²) in [5.41, 5.74) is 2.90. The number of carbonyl (C=O) groups excluding carboxylic acids is 1. The Morgan fingerprint density at radius 2 is 1.83 bits per heavy atom. The predicted octanol–water partition coefficient (Wildman–Crippen LogP) is 4.28. The number of carbonyl (C=O) groups is 1. The Hall–Kier alpha value is -1.67. The summed E-state index contributed by atoms with van der Waals surface area (Å²) in [4.78, 5) is 11.7. The number of aryl methyl sites for hydroxylation is 1. The first-order chi connectivity index (χ1) is 8.65. The standard InChI is InChI=1S/C15H10ClFO/c16-11-4-5-14(17)12(8-11)10-2-1-9-3-6-15(18)13(9)7-10/h1-2,4-5,7-8H,3,6H2. The minimum absolute atomic E-state index is 0.134. The molecule has 2 aromatic rings. The van der Waals surface area contributed by atoms with Crippen molar-refractivity contribution in [3.63, 3.8) is 0 Å². The molecule has 18 heavy (non-hydrogen) atoms. The lowest BCUT2D eigenvalue weighted by Crippen LogP contribution is -1.93. The van der Waals surface area contributed by atoms with E-state index in [1.807, 2.05) is 12.1 Å². The number of hydrogen-bond acceptors (Lipinski definition) is 1. The summed E-state index contributed by atoms with van der Waals surface area (Å²) >= 11 is 5.88. The molecule has 1 aliphatic carbocycles. The van der Waals surface area contributed by atoms with Gasteiger partial charge < -0.3 is 0 Å². The number of Topliss-reactive ketones (excluding diaryl/α,β-unsaturated/α-hetero) is 1.